The first kappa shape index (κ1) is 27.7. The molecule has 2 aliphatic rings. The van der Waals surface area contributed by atoms with Gasteiger partial charge in [-0.3, -0.25) is 9.59 Å². The fraction of sp³-hybridized carbons (Fsp3) is 0.667. The molecule has 6 nitrogen and oxygen atoms in total. The Labute approximate surface area is 211 Å². The maximum atomic E-state index is 15.2. The van der Waals surface area contributed by atoms with E-state index in [0.717, 1.165) is 36.3 Å². The molecule has 1 saturated carbocycles. The number of aliphatic hydroxyl groups excluding tert-OH is 2. The summed E-state index contributed by atoms with van der Waals surface area (Å²) in [5, 5.41) is 24.4. The number of carbonyl (C=O) groups is 2. The number of ketones is 1. The van der Waals surface area contributed by atoms with Gasteiger partial charge in [-0.25, -0.2) is 9.37 Å². The van der Waals surface area contributed by atoms with E-state index in [0.29, 0.717) is 18.5 Å². The molecule has 35 heavy (non-hydrogen) atoms. The highest BCUT2D eigenvalue weighted by Crippen LogP contribution is 2.48. The predicted molar refractivity (Wildman–Crippen MR) is 134 cm³/mol. The van der Waals surface area contributed by atoms with Gasteiger partial charge in [-0.05, 0) is 51.9 Å². The first-order valence-corrected chi connectivity index (χ1v) is 13.5. The SMILES string of the molecule is C/C1=C/C[C@@H](/C(F)=C/c2csc(C)n2)OC(=O)C[C@@H](O)C2(CCC2)C(=O)[C@H](C)[C@@H](O)[C@@H](C)CCC1. The Morgan fingerprint density at radius 3 is 2.54 bits per heavy atom. The second-order valence-corrected chi connectivity index (χ2v) is 11.4. The molecule has 1 fully saturated rings. The molecule has 1 aliphatic heterocycles. The highest BCUT2D eigenvalue weighted by Gasteiger charge is 2.52. The maximum Gasteiger partial charge on any atom is 0.309 e. The van der Waals surface area contributed by atoms with Gasteiger partial charge in [0.15, 0.2) is 6.10 Å². The third-order valence-corrected chi connectivity index (χ3v) is 8.45. The summed E-state index contributed by atoms with van der Waals surface area (Å²) < 4.78 is 20.7. The molecule has 0 unspecified atom stereocenters. The largest absolute Gasteiger partial charge is 0.455 e. The molecule has 194 valence electrons. The standard InChI is InChI=1S/C27H38FNO5S/c1-16-7-5-8-17(2)25(32)18(3)26(33)27(11-6-12-27)23(30)14-24(31)34-22(10-9-16)21(28)13-20-15-35-19(4)29-20/h9,13,15,17-18,22-23,25,30,32H,5-8,10-12,14H2,1-4H3/b16-9-,21-13-/t17-,18+,22-,23+,25-/m0/s1. The number of ether oxygens (including phenoxy) is 1. The summed E-state index contributed by atoms with van der Waals surface area (Å²) in [7, 11) is 0. The summed E-state index contributed by atoms with van der Waals surface area (Å²) in [5.41, 5.74) is 0.443. The van der Waals surface area contributed by atoms with Gasteiger partial charge in [-0.15, -0.1) is 11.3 Å². The Balaban J connectivity index is 1.87. The number of thiazole rings is 1. The number of cyclic esters (lactones) is 1. The Hall–Kier alpha value is -1.90. The van der Waals surface area contributed by atoms with Gasteiger partial charge < -0.3 is 14.9 Å². The second-order valence-electron chi connectivity index (χ2n) is 10.3. The minimum Gasteiger partial charge on any atom is -0.455 e. The van der Waals surface area contributed by atoms with Crippen molar-refractivity contribution in [3.05, 3.63) is 33.6 Å². The topological polar surface area (TPSA) is 96.7 Å². The molecule has 8 heteroatoms. The van der Waals surface area contributed by atoms with Crippen molar-refractivity contribution in [1.29, 1.82) is 0 Å². The van der Waals surface area contributed by atoms with Gasteiger partial charge in [0.25, 0.3) is 0 Å². The zero-order chi connectivity index (χ0) is 25.8. The van der Waals surface area contributed by atoms with E-state index in [1.807, 2.05) is 26.8 Å². The Morgan fingerprint density at radius 1 is 1.23 bits per heavy atom. The lowest BCUT2D eigenvalue weighted by atomic mass is 9.58. The molecule has 2 heterocycles. The average Bonchev–Trinajstić information content (AvgIpc) is 3.18. The minimum absolute atomic E-state index is 0.0800. The molecule has 1 spiro atoms. The van der Waals surface area contributed by atoms with Crippen molar-refractivity contribution in [3.8, 4) is 0 Å². The highest BCUT2D eigenvalue weighted by molar-refractivity contribution is 7.09. The number of Topliss-reactive ketones (excluding diaryl/α,β-unsaturated/α-hetero) is 1. The van der Waals surface area contributed by atoms with Crippen LogP contribution >= 0.6 is 11.3 Å². The maximum absolute atomic E-state index is 15.2. The minimum atomic E-state index is -1.24. The normalized spacial score (nSPS) is 33.1. The molecule has 3 rings (SSSR count). The molecular weight excluding hydrogens is 469 g/mol. The number of aryl methyl sites for hydroxylation is 1. The van der Waals surface area contributed by atoms with Crippen LogP contribution in [-0.2, 0) is 14.3 Å². The van der Waals surface area contributed by atoms with E-state index in [1.54, 1.807) is 12.3 Å². The monoisotopic (exact) mass is 507 g/mol. The van der Waals surface area contributed by atoms with E-state index < -0.39 is 47.9 Å². The van der Waals surface area contributed by atoms with E-state index in [9.17, 15) is 19.8 Å². The molecule has 1 aromatic heterocycles. The molecule has 0 aromatic carbocycles. The Kier molecular flexibility index (Phi) is 9.40. The summed E-state index contributed by atoms with van der Waals surface area (Å²) in [4.78, 5) is 30.4. The quantitative estimate of drug-likeness (QED) is 0.416. The predicted octanol–water partition coefficient (Wildman–Crippen LogP) is 5.32. The van der Waals surface area contributed by atoms with Crippen molar-refractivity contribution in [2.24, 2.45) is 17.3 Å². The van der Waals surface area contributed by atoms with Gasteiger partial charge in [0, 0.05) is 23.8 Å². The average molecular weight is 508 g/mol. The zero-order valence-electron chi connectivity index (χ0n) is 21.1. The van der Waals surface area contributed by atoms with E-state index in [4.69, 9.17) is 4.74 Å². The van der Waals surface area contributed by atoms with Gasteiger partial charge in [0.1, 0.15) is 11.6 Å². The van der Waals surface area contributed by atoms with Crippen molar-refractivity contribution >= 4 is 29.2 Å². The lowest BCUT2D eigenvalue weighted by molar-refractivity contribution is -0.161. The van der Waals surface area contributed by atoms with Crippen LogP contribution < -0.4 is 0 Å². The van der Waals surface area contributed by atoms with Crippen LogP contribution in [0, 0.1) is 24.2 Å². The smallest absolute Gasteiger partial charge is 0.309 e. The third-order valence-electron chi connectivity index (χ3n) is 7.66. The number of rotatable bonds is 2. The summed E-state index contributed by atoms with van der Waals surface area (Å²) >= 11 is 1.41. The van der Waals surface area contributed by atoms with Gasteiger partial charge in [-0.1, -0.05) is 31.9 Å². The fourth-order valence-electron chi connectivity index (χ4n) is 5.14. The zero-order valence-corrected chi connectivity index (χ0v) is 21.9. The van der Waals surface area contributed by atoms with E-state index in [-0.39, 0.29) is 18.1 Å². The number of hydrogen-bond acceptors (Lipinski definition) is 7. The number of carbonyl (C=O) groups excluding carboxylic acids is 2. The Morgan fingerprint density at radius 2 is 1.94 bits per heavy atom. The highest BCUT2D eigenvalue weighted by atomic mass is 32.1. The lowest BCUT2D eigenvalue weighted by Gasteiger charge is -2.46. The van der Waals surface area contributed by atoms with Crippen molar-refractivity contribution in [2.75, 3.05) is 0 Å². The van der Waals surface area contributed by atoms with Gasteiger partial charge in [0.05, 0.1) is 34.7 Å². The number of allylic oxidation sites excluding steroid dienone is 1. The van der Waals surface area contributed by atoms with E-state index in [1.165, 1.54) is 17.4 Å². The lowest BCUT2D eigenvalue weighted by Crippen LogP contribution is -2.53. The molecule has 0 saturated heterocycles. The second kappa shape index (κ2) is 11.9. The van der Waals surface area contributed by atoms with E-state index in [2.05, 4.69) is 4.98 Å². The first-order chi connectivity index (χ1) is 16.5. The van der Waals surface area contributed by atoms with Crippen molar-refractivity contribution in [3.63, 3.8) is 0 Å². The first-order valence-electron chi connectivity index (χ1n) is 12.6. The molecule has 0 radical (unpaired) electrons. The van der Waals surface area contributed by atoms with Crippen molar-refractivity contribution < 1.29 is 28.9 Å². The van der Waals surface area contributed by atoms with Crippen LogP contribution in [0.15, 0.2) is 22.9 Å². The summed E-state index contributed by atoms with van der Waals surface area (Å²) in [6, 6.07) is 0. The molecule has 2 N–H and O–H groups in total. The summed E-state index contributed by atoms with van der Waals surface area (Å²) in [6.07, 6.45) is 3.77. The van der Waals surface area contributed by atoms with Crippen LogP contribution in [0.4, 0.5) is 4.39 Å². The number of halogens is 1. The summed E-state index contributed by atoms with van der Waals surface area (Å²) in [5.74, 6) is -2.28. The van der Waals surface area contributed by atoms with Crippen molar-refractivity contribution in [1.82, 2.24) is 4.98 Å². The van der Waals surface area contributed by atoms with Crippen molar-refractivity contribution in [2.45, 2.75) is 97.4 Å². The molecule has 0 bridgehead atoms. The number of aromatic nitrogens is 1. The third kappa shape index (κ3) is 6.66. The molecule has 5 atom stereocenters. The molecular formula is C27H38FNO5S. The van der Waals surface area contributed by atoms with Crippen LogP contribution in [0.1, 0.15) is 82.8 Å². The van der Waals surface area contributed by atoms with Gasteiger partial charge in [0.2, 0.25) is 0 Å². The number of esters is 1. The van der Waals surface area contributed by atoms with Gasteiger partial charge >= 0.3 is 5.97 Å². The van der Waals surface area contributed by atoms with Gasteiger partial charge in [-0.2, -0.15) is 0 Å². The summed E-state index contributed by atoms with van der Waals surface area (Å²) in [6.45, 7) is 7.43. The molecule has 1 aromatic rings. The number of aliphatic hydroxyl groups is 2. The van der Waals surface area contributed by atoms with Crippen LogP contribution in [-0.4, -0.2) is 45.3 Å². The number of hydrogen-bond donors (Lipinski definition) is 2. The van der Waals surface area contributed by atoms with Crippen LogP contribution in [0.5, 0.6) is 0 Å². The van der Waals surface area contributed by atoms with Crippen LogP contribution in [0.2, 0.25) is 0 Å². The fourth-order valence-corrected chi connectivity index (χ4v) is 5.71. The Bertz CT molecular complexity index is 967. The van der Waals surface area contributed by atoms with E-state index >= 15 is 4.39 Å². The molecule has 1 aliphatic carbocycles. The molecule has 0 amide bonds. The van der Waals surface area contributed by atoms with Crippen LogP contribution in [0.25, 0.3) is 6.08 Å². The number of nitrogens with zero attached hydrogens (tertiary/aromatic N) is 1. The van der Waals surface area contributed by atoms with Crippen LogP contribution in [0.3, 0.4) is 0 Å².